The summed E-state index contributed by atoms with van der Waals surface area (Å²) in [5.74, 6) is 0.994. The van der Waals surface area contributed by atoms with Gasteiger partial charge >= 0.3 is 0 Å². The number of amides is 1. The van der Waals surface area contributed by atoms with Crippen LogP contribution in [0.3, 0.4) is 0 Å². The molecule has 5 heterocycles. The van der Waals surface area contributed by atoms with Gasteiger partial charge in [-0.05, 0) is 55.5 Å². The lowest BCUT2D eigenvalue weighted by molar-refractivity contribution is -0.00451. The predicted octanol–water partition coefficient (Wildman–Crippen LogP) is 3.64. The molecule has 2 bridgehead atoms. The highest BCUT2D eigenvalue weighted by Crippen LogP contribution is 2.47. The van der Waals surface area contributed by atoms with E-state index >= 15 is 0 Å². The number of aromatic nitrogens is 1. The van der Waals surface area contributed by atoms with E-state index in [0.29, 0.717) is 24.3 Å². The molecular weight excluding hydrogens is 357 g/mol. The number of hydrogen-bond donors (Lipinski definition) is 0. The molecule has 28 heavy (non-hydrogen) atoms. The Morgan fingerprint density at radius 2 is 1.89 bits per heavy atom. The summed E-state index contributed by atoms with van der Waals surface area (Å²) in [5.41, 5.74) is 1.92. The number of fused-ring (bicyclic) bond motifs is 2. The van der Waals surface area contributed by atoms with Gasteiger partial charge in [0.2, 0.25) is 5.76 Å². The van der Waals surface area contributed by atoms with Crippen molar-refractivity contribution in [2.75, 3.05) is 19.6 Å². The van der Waals surface area contributed by atoms with E-state index in [1.807, 2.05) is 30.9 Å². The Morgan fingerprint density at radius 3 is 2.54 bits per heavy atom. The van der Waals surface area contributed by atoms with Crippen LogP contribution in [0.5, 0.6) is 0 Å². The van der Waals surface area contributed by atoms with Crippen LogP contribution in [0.1, 0.15) is 60.3 Å². The van der Waals surface area contributed by atoms with Crippen molar-refractivity contribution in [1.29, 1.82) is 0 Å². The Balaban J connectivity index is 1.49. The molecule has 3 atom stereocenters. The third kappa shape index (κ3) is 2.77. The Kier molecular flexibility index (Phi) is 4.27. The molecule has 0 radical (unpaired) electrons. The molecule has 6 heteroatoms. The average Bonchev–Trinajstić information content (AvgIpc) is 3.36. The van der Waals surface area contributed by atoms with Crippen molar-refractivity contribution in [3.8, 4) is 0 Å². The summed E-state index contributed by atoms with van der Waals surface area (Å²) < 4.78 is 18.9. The van der Waals surface area contributed by atoms with Gasteiger partial charge in [-0.2, -0.15) is 0 Å². The number of nitrogens with zero attached hydrogens (tertiary/aromatic N) is 3. The molecule has 0 saturated carbocycles. The molecular formula is C22H26FN3O2. The van der Waals surface area contributed by atoms with Gasteiger partial charge < -0.3 is 9.42 Å². The van der Waals surface area contributed by atoms with E-state index < -0.39 is 0 Å². The summed E-state index contributed by atoms with van der Waals surface area (Å²) in [7, 11) is 0. The Labute approximate surface area is 164 Å². The van der Waals surface area contributed by atoms with E-state index in [4.69, 9.17) is 4.52 Å². The molecule has 2 aromatic rings. The minimum atomic E-state index is -0.223. The zero-order valence-corrected chi connectivity index (χ0v) is 16.3. The first kappa shape index (κ1) is 17.9. The molecule has 1 aromatic heterocycles. The fourth-order valence-electron chi connectivity index (χ4n) is 5.46. The van der Waals surface area contributed by atoms with Gasteiger partial charge in [-0.3, -0.25) is 9.69 Å². The highest BCUT2D eigenvalue weighted by Gasteiger charge is 2.55. The van der Waals surface area contributed by atoms with Crippen LogP contribution in [0.2, 0.25) is 0 Å². The lowest BCUT2D eigenvalue weighted by Gasteiger charge is -2.51. The Bertz CT molecular complexity index is 870. The van der Waals surface area contributed by atoms with E-state index in [0.717, 1.165) is 37.2 Å². The quantitative estimate of drug-likeness (QED) is 0.812. The minimum Gasteiger partial charge on any atom is -0.351 e. The van der Waals surface area contributed by atoms with E-state index in [9.17, 15) is 9.18 Å². The molecule has 0 unspecified atom stereocenters. The largest absolute Gasteiger partial charge is 0.351 e. The fourth-order valence-corrected chi connectivity index (χ4v) is 5.46. The number of benzene rings is 1. The van der Waals surface area contributed by atoms with Gasteiger partial charge in [0, 0.05) is 24.6 Å². The first-order chi connectivity index (χ1) is 13.5. The molecule has 4 aliphatic rings. The number of halogens is 1. The van der Waals surface area contributed by atoms with Crippen LogP contribution < -0.4 is 0 Å². The zero-order valence-electron chi connectivity index (χ0n) is 16.3. The van der Waals surface area contributed by atoms with E-state index in [1.165, 1.54) is 12.1 Å². The molecule has 4 aliphatic heterocycles. The number of carbonyl (C=O) groups excluding carboxylic acids is 1. The zero-order chi connectivity index (χ0) is 19.4. The van der Waals surface area contributed by atoms with Gasteiger partial charge in [0.1, 0.15) is 5.82 Å². The third-order valence-corrected chi connectivity index (χ3v) is 6.88. The first-order valence-electron chi connectivity index (χ1n) is 10.3. The van der Waals surface area contributed by atoms with Crippen LogP contribution in [0.4, 0.5) is 4.39 Å². The van der Waals surface area contributed by atoms with Gasteiger partial charge in [0.05, 0.1) is 11.7 Å². The number of likely N-dealkylation sites (tertiary alicyclic amines) is 1. The highest BCUT2D eigenvalue weighted by molar-refractivity contribution is 5.92. The maximum atomic E-state index is 13.5. The van der Waals surface area contributed by atoms with Crippen molar-refractivity contribution in [2.45, 2.75) is 50.6 Å². The standard InChI is InChI=1S/C22H26FN3O2/c1-13(2)18-11-19(28-24-18)22(27)26-12-17(14-3-5-16(23)6-4-14)21-20(26)15-7-9-25(21)10-8-15/h3-6,11,13,15,17,20-21H,7-10,12H2,1-2H3/t17-,20+,21+/m0/s1. The molecule has 6 rings (SSSR count). The molecule has 1 aromatic carbocycles. The predicted molar refractivity (Wildman–Crippen MR) is 103 cm³/mol. The first-order valence-corrected chi connectivity index (χ1v) is 10.3. The number of piperidine rings is 3. The van der Waals surface area contributed by atoms with E-state index in [-0.39, 0.29) is 29.6 Å². The van der Waals surface area contributed by atoms with Crippen LogP contribution in [0.25, 0.3) is 0 Å². The average molecular weight is 383 g/mol. The van der Waals surface area contributed by atoms with Crippen molar-refractivity contribution in [2.24, 2.45) is 5.92 Å². The topological polar surface area (TPSA) is 49.6 Å². The second-order valence-electron chi connectivity index (χ2n) is 8.74. The number of hydrogen-bond acceptors (Lipinski definition) is 4. The molecule has 1 amide bonds. The second-order valence-corrected chi connectivity index (χ2v) is 8.74. The van der Waals surface area contributed by atoms with Crippen LogP contribution in [-0.4, -0.2) is 52.6 Å². The molecule has 0 aliphatic carbocycles. The normalized spacial score (nSPS) is 31.4. The number of carbonyl (C=O) groups is 1. The lowest BCUT2D eigenvalue weighted by atomic mass is 9.75. The summed E-state index contributed by atoms with van der Waals surface area (Å²) in [6.07, 6.45) is 2.27. The number of rotatable bonds is 3. The second kappa shape index (κ2) is 6.69. The van der Waals surface area contributed by atoms with Crippen molar-refractivity contribution >= 4 is 5.91 Å². The maximum absolute atomic E-state index is 13.5. The van der Waals surface area contributed by atoms with E-state index in [2.05, 4.69) is 10.1 Å². The summed E-state index contributed by atoms with van der Waals surface area (Å²) >= 11 is 0. The summed E-state index contributed by atoms with van der Waals surface area (Å²) in [6, 6.07) is 9.08. The fraction of sp³-hybridized carbons (Fsp3) is 0.545. The van der Waals surface area contributed by atoms with Crippen molar-refractivity contribution in [1.82, 2.24) is 15.0 Å². The van der Waals surface area contributed by atoms with Gasteiger partial charge in [-0.15, -0.1) is 0 Å². The summed E-state index contributed by atoms with van der Waals surface area (Å²) in [6.45, 7) is 6.90. The summed E-state index contributed by atoms with van der Waals surface area (Å²) in [5, 5.41) is 4.07. The van der Waals surface area contributed by atoms with Gasteiger partial charge in [-0.1, -0.05) is 31.1 Å². The van der Waals surface area contributed by atoms with Crippen LogP contribution >= 0.6 is 0 Å². The van der Waals surface area contributed by atoms with Crippen LogP contribution in [0, 0.1) is 11.7 Å². The Hall–Kier alpha value is -2.21. The van der Waals surface area contributed by atoms with Gasteiger partial charge in [0.15, 0.2) is 0 Å². The molecule has 0 spiro atoms. The molecule has 0 N–H and O–H groups in total. The van der Waals surface area contributed by atoms with Crippen molar-refractivity contribution < 1.29 is 13.7 Å². The minimum absolute atomic E-state index is 0.0623. The summed E-state index contributed by atoms with van der Waals surface area (Å²) in [4.78, 5) is 17.9. The monoisotopic (exact) mass is 383 g/mol. The van der Waals surface area contributed by atoms with Gasteiger partial charge in [-0.25, -0.2) is 4.39 Å². The highest BCUT2D eigenvalue weighted by atomic mass is 19.1. The Morgan fingerprint density at radius 1 is 1.18 bits per heavy atom. The van der Waals surface area contributed by atoms with Crippen LogP contribution in [0.15, 0.2) is 34.9 Å². The SMILES string of the molecule is CC(C)c1cc(C(=O)N2C[C@@H](c3ccc(F)cc3)[C@@H]3[C@H]2C2CCN3CC2)on1. The molecule has 148 valence electrons. The maximum Gasteiger partial charge on any atom is 0.292 e. The van der Waals surface area contributed by atoms with E-state index in [1.54, 1.807) is 6.07 Å². The molecule has 4 fully saturated rings. The van der Waals surface area contributed by atoms with Gasteiger partial charge in [0.25, 0.3) is 5.91 Å². The third-order valence-electron chi connectivity index (χ3n) is 6.88. The molecule has 4 saturated heterocycles. The van der Waals surface area contributed by atoms with Crippen molar-refractivity contribution in [3.63, 3.8) is 0 Å². The van der Waals surface area contributed by atoms with Crippen molar-refractivity contribution in [3.05, 3.63) is 53.2 Å². The lowest BCUT2D eigenvalue weighted by Crippen LogP contribution is -2.60. The van der Waals surface area contributed by atoms with Crippen LogP contribution in [-0.2, 0) is 0 Å². The smallest absolute Gasteiger partial charge is 0.292 e. The molecule has 5 nitrogen and oxygen atoms in total.